The summed E-state index contributed by atoms with van der Waals surface area (Å²) in [5.41, 5.74) is 2.65. The molecule has 0 saturated heterocycles. The van der Waals surface area contributed by atoms with Crippen molar-refractivity contribution in [3.05, 3.63) is 168 Å². The molecule has 6 aromatic rings. The van der Waals surface area contributed by atoms with Gasteiger partial charge in [-0.2, -0.15) is 10.5 Å². The number of H-pyrrole nitrogens is 2. The zero-order valence-electron chi connectivity index (χ0n) is 40.4. The number of aromatic nitrogens is 8. The Morgan fingerprint density at radius 1 is 0.475 bits per heavy atom. The molecule has 0 aliphatic carbocycles. The Morgan fingerprint density at radius 3 is 0.975 bits per heavy atom. The van der Waals surface area contributed by atoms with Gasteiger partial charge in [-0.3, -0.25) is 39.5 Å². The SMILES string of the molecule is CC#N.CC#N.F[B-](F)(F)F.F[B-](F)(F)F.F[B-](F)(F)F.F[B-](F)(F)F.O=C(NCc1cccc[nH+]1)c1nccnc1C([O-])=NCc1ccccn1.O=C(NCc1cccc[nH+]1)c1nccnc1C([O-])=NCc1ccccn1.[Cu+2].[Cu+2]. The van der Waals surface area contributed by atoms with Crippen molar-refractivity contribution in [1.29, 1.82) is 10.5 Å². The van der Waals surface area contributed by atoms with Crippen molar-refractivity contribution >= 4 is 52.6 Å². The average molecular weight is 1250 g/mol. The van der Waals surface area contributed by atoms with Gasteiger partial charge in [0.25, 0.3) is 11.8 Å². The first kappa shape index (κ1) is 78.3. The minimum atomic E-state index is -6.00. The van der Waals surface area contributed by atoms with E-state index in [-0.39, 0.29) is 83.1 Å². The molecule has 0 unspecified atom stereocenters. The van der Waals surface area contributed by atoms with E-state index in [2.05, 4.69) is 60.5 Å². The van der Waals surface area contributed by atoms with Crippen molar-refractivity contribution in [3.8, 4) is 12.1 Å². The predicted octanol–water partition coefficient (Wildman–Crippen LogP) is 6.10. The Labute approximate surface area is 465 Å². The molecule has 0 aromatic carbocycles. The van der Waals surface area contributed by atoms with E-state index in [1.807, 2.05) is 48.5 Å². The molecule has 0 atom stereocenters. The second-order valence-corrected chi connectivity index (χ2v) is 13.0. The number of aliphatic imine (C=N–C) groups is 2. The quantitative estimate of drug-likeness (QED) is 0.0609. The Kier molecular flexibility index (Phi) is 41.9. The summed E-state index contributed by atoms with van der Waals surface area (Å²) in [5, 5.41) is 44.7. The van der Waals surface area contributed by atoms with Crippen LogP contribution in [0.3, 0.4) is 0 Å². The van der Waals surface area contributed by atoms with Gasteiger partial charge in [-0.15, -0.1) is 0 Å². The number of aromatic amines is 2. The fraction of sp³-hybridized carbons (Fsp3) is 0.150. The molecule has 6 rings (SSSR count). The van der Waals surface area contributed by atoms with Crippen LogP contribution in [0.5, 0.6) is 0 Å². The number of pyridine rings is 4. The number of carbonyl (C=O) groups excluding carboxylic acids is 2. The third-order valence-corrected chi connectivity index (χ3v) is 6.88. The molecule has 40 heteroatoms. The van der Waals surface area contributed by atoms with E-state index in [1.165, 1.54) is 38.6 Å². The summed E-state index contributed by atoms with van der Waals surface area (Å²) in [6, 6.07) is 25.3. The van der Waals surface area contributed by atoms with Crippen LogP contribution in [0.15, 0.2) is 132 Å². The topological polar surface area (TPSA) is 282 Å². The van der Waals surface area contributed by atoms with Gasteiger partial charge in [-0.25, -0.2) is 19.9 Å². The maximum Gasteiger partial charge on any atom is 2.00 e. The van der Waals surface area contributed by atoms with Crippen LogP contribution >= 0.6 is 0 Å². The standard InChI is InChI=1S/2C18H16N6O2.2C2H3N.4BF4.2Cu/c2*25-17(23-11-13-5-1-3-7-19-13)15-16(22-10-9-21-15)18(26)24-12-14-6-2-4-8-20-14;2*1-2-3;4*2-1(3,4)5;;/h2*1-10H,11-12H2,(H,23,25)(H,24,26);2*1H3;;;;;;/q;;;;4*-1;2*+2. The fourth-order valence-corrected chi connectivity index (χ4v) is 4.36. The van der Waals surface area contributed by atoms with Crippen molar-refractivity contribution in [2.24, 2.45) is 9.98 Å². The maximum atomic E-state index is 12.4. The van der Waals surface area contributed by atoms with E-state index >= 15 is 0 Å². The van der Waals surface area contributed by atoms with Crippen LogP contribution in [-0.4, -0.2) is 82.5 Å². The van der Waals surface area contributed by atoms with Gasteiger partial charge in [-0.1, -0.05) is 24.3 Å². The molecular weight excluding hydrogens is 1210 g/mol. The summed E-state index contributed by atoms with van der Waals surface area (Å²) in [6.07, 6.45) is 12.2. The maximum absolute atomic E-state index is 12.4. The number of nitrogens with zero attached hydrogens (tertiary/aromatic N) is 10. The van der Waals surface area contributed by atoms with Gasteiger partial charge in [0, 0.05) is 87.1 Å². The molecule has 4 N–H and O–H groups in total. The van der Waals surface area contributed by atoms with Crippen LogP contribution in [0.25, 0.3) is 0 Å². The predicted molar refractivity (Wildman–Crippen MR) is 245 cm³/mol. The number of halogens is 16. The molecule has 80 heavy (non-hydrogen) atoms. The summed E-state index contributed by atoms with van der Waals surface area (Å²) >= 11 is 0. The zero-order valence-corrected chi connectivity index (χ0v) is 42.3. The normalized spacial score (nSPS) is 10.4. The monoisotopic (exact) mass is 1250 g/mol. The molecule has 0 aliphatic heterocycles. The Balaban J connectivity index is -0.000000495. The Bertz CT molecular complexity index is 2550. The van der Waals surface area contributed by atoms with Gasteiger partial charge in [0.1, 0.15) is 24.5 Å². The van der Waals surface area contributed by atoms with Gasteiger partial charge >= 0.3 is 63.2 Å². The summed E-state index contributed by atoms with van der Waals surface area (Å²) in [4.78, 5) is 62.8. The van der Waals surface area contributed by atoms with Gasteiger partial charge in [0.15, 0.2) is 35.2 Å². The Morgan fingerprint density at radius 2 is 0.738 bits per heavy atom. The van der Waals surface area contributed by atoms with E-state index in [0.29, 0.717) is 11.4 Å². The van der Waals surface area contributed by atoms with Crippen molar-refractivity contribution in [2.45, 2.75) is 40.0 Å². The first-order chi connectivity index (χ1) is 36.3. The van der Waals surface area contributed by atoms with Crippen molar-refractivity contribution in [3.63, 3.8) is 0 Å². The molecule has 2 amide bonds. The molecule has 0 fully saturated rings. The van der Waals surface area contributed by atoms with Gasteiger partial charge in [-0.05, 0) is 24.3 Å². The summed E-state index contributed by atoms with van der Waals surface area (Å²) in [7, 11) is -24.0. The van der Waals surface area contributed by atoms with Crippen LogP contribution in [0.2, 0.25) is 0 Å². The number of carbonyl (C=O) groups is 2. The molecule has 0 spiro atoms. The number of amides is 2. The second kappa shape index (κ2) is 42.8. The van der Waals surface area contributed by atoms with Crippen molar-refractivity contribution < 1.29 is 133 Å². The van der Waals surface area contributed by atoms with Crippen LogP contribution in [-0.2, 0) is 60.3 Å². The van der Waals surface area contributed by atoms with Crippen LogP contribution in [0, 0.1) is 22.7 Å². The molecule has 18 nitrogen and oxygen atoms in total. The number of hydrogen-bond acceptors (Lipinski definition) is 14. The number of nitrogens with one attached hydrogen (secondary N) is 4. The zero-order chi connectivity index (χ0) is 59.8. The largest absolute Gasteiger partial charge is 2.00 e. The molecular formula is C40H38B4Cu2F16N14O4. The molecule has 0 bridgehead atoms. The van der Waals surface area contributed by atoms with Gasteiger partial charge in [0.05, 0.1) is 36.6 Å². The van der Waals surface area contributed by atoms with Crippen LogP contribution in [0.4, 0.5) is 69.1 Å². The smallest absolute Gasteiger partial charge is 0.857 e. The third kappa shape index (κ3) is 49.4. The molecule has 6 heterocycles. The fourth-order valence-electron chi connectivity index (χ4n) is 4.36. The molecule has 0 aliphatic rings. The van der Waals surface area contributed by atoms with Gasteiger partial charge < -0.3 is 89.9 Å². The summed E-state index contributed by atoms with van der Waals surface area (Å²) < 4.78 is 156. The van der Waals surface area contributed by atoms with Gasteiger partial charge in [0.2, 0.25) is 0 Å². The van der Waals surface area contributed by atoms with E-state index in [9.17, 15) is 88.9 Å². The van der Waals surface area contributed by atoms with Crippen LogP contribution in [0.1, 0.15) is 69.0 Å². The van der Waals surface area contributed by atoms with Crippen molar-refractivity contribution in [2.75, 3.05) is 0 Å². The molecule has 438 valence electrons. The number of hydrogen-bond donors (Lipinski definition) is 2. The second-order valence-electron chi connectivity index (χ2n) is 13.0. The number of rotatable bonds is 12. The molecule has 2 radical (unpaired) electrons. The summed E-state index contributed by atoms with van der Waals surface area (Å²) in [6.45, 7) is 3.62. The first-order valence-corrected chi connectivity index (χ1v) is 20.7. The average Bonchev–Trinajstić information content (AvgIpc) is 3.36. The van der Waals surface area contributed by atoms with E-state index in [1.54, 1.807) is 61.2 Å². The minimum Gasteiger partial charge on any atom is -0.857 e. The Hall–Kier alpha value is -8.20. The van der Waals surface area contributed by atoms with E-state index in [4.69, 9.17) is 10.5 Å². The molecule has 0 saturated carbocycles. The summed E-state index contributed by atoms with van der Waals surface area (Å²) in [5.74, 6) is -2.21. The first-order valence-electron chi connectivity index (χ1n) is 20.7. The van der Waals surface area contributed by atoms with E-state index < -0.39 is 52.6 Å². The minimum absolute atomic E-state index is 0. The van der Waals surface area contributed by atoms with Crippen LogP contribution < -0.4 is 30.8 Å². The third-order valence-electron chi connectivity index (χ3n) is 6.88. The van der Waals surface area contributed by atoms with E-state index in [0.717, 1.165) is 11.4 Å². The molecule has 6 aromatic heterocycles. The number of nitriles is 2. The van der Waals surface area contributed by atoms with Crippen molar-refractivity contribution in [1.82, 2.24) is 40.5 Å².